The minimum atomic E-state index is -0.0218. The first-order chi connectivity index (χ1) is 21.7. The van der Waals surface area contributed by atoms with Gasteiger partial charge in [-0.05, 0) is 30.4 Å². The number of aromatic nitrogens is 2. The summed E-state index contributed by atoms with van der Waals surface area (Å²) in [5.74, 6) is 1.68. The molecular formula is C42H66N2. The van der Waals surface area contributed by atoms with Crippen molar-refractivity contribution in [2.24, 2.45) is 0 Å². The van der Waals surface area contributed by atoms with Crippen molar-refractivity contribution in [3.05, 3.63) is 90.0 Å². The smallest absolute Gasteiger partial charge is 0.112 e. The summed E-state index contributed by atoms with van der Waals surface area (Å²) >= 11 is 0. The molecule has 44 heavy (non-hydrogen) atoms. The molecule has 1 heterocycles. The average molecular weight is 599 g/mol. The van der Waals surface area contributed by atoms with Gasteiger partial charge in [0.05, 0.1) is 0 Å². The third-order valence-electron chi connectivity index (χ3n) is 10.0. The van der Waals surface area contributed by atoms with Crippen LogP contribution in [0.4, 0.5) is 0 Å². The third-order valence-corrected chi connectivity index (χ3v) is 10.0. The maximum Gasteiger partial charge on any atom is 0.112 e. The lowest BCUT2D eigenvalue weighted by Gasteiger charge is -2.39. The maximum absolute atomic E-state index is 5.08. The molecule has 0 amide bonds. The molecule has 244 valence electrons. The van der Waals surface area contributed by atoms with Crippen LogP contribution in [0.3, 0.4) is 0 Å². The van der Waals surface area contributed by atoms with Crippen molar-refractivity contribution in [2.75, 3.05) is 0 Å². The van der Waals surface area contributed by atoms with Crippen LogP contribution in [0.2, 0.25) is 0 Å². The summed E-state index contributed by atoms with van der Waals surface area (Å²) in [5, 5.41) is 0. The Bertz CT molecular complexity index is 1070. The summed E-state index contributed by atoms with van der Waals surface area (Å²) in [7, 11) is 0. The van der Waals surface area contributed by atoms with Gasteiger partial charge in [-0.1, -0.05) is 197 Å². The zero-order valence-corrected chi connectivity index (χ0v) is 29.0. The Morgan fingerprint density at radius 2 is 1.07 bits per heavy atom. The summed E-state index contributed by atoms with van der Waals surface area (Å²) < 4.78 is 2.49. The van der Waals surface area contributed by atoms with E-state index in [2.05, 4.69) is 98.4 Å². The van der Waals surface area contributed by atoms with Gasteiger partial charge in [0.1, 0.15) is 5.82 Å². The highest BCUT2D eigenvalue weighted by Gasteiger charge is 2.39. The van der Waals surface area contributed by atoms with E-state index in [-0.39, 0.29) is 5.41 Å². The fourth-order valence-electron chi connectivity index (χ4n) is 7.25. The van der Waals surface area contributed by atoms with Crippen LogP contribution >= 0.6 is 0 Å². The van der Waals surface area contributed by atoms with Gasteiger partial charge in [-0.15, -0.1) is 0 Å². The van der Waals surface area contributed by atoms with Gasteiger partial charge in [0, 0.05) is 30.3 Å². The molecule has 2 atom stereocenters. The van der Waals surface area contributed by atoms with Gasteiger partial charge in [0.2, 0.25) is 0 Å². The van der Waals surface area contributed by atoms with E-state index in [1.165, 1.54) is 145 Å². The number of imidazole rings is 1. The predicted molar refractivity (Wildman–Crippen MR) is 193 cm³/mol. The van der Waals surface area contributed by atoms with Crippen LogP contribution in [0.1, 0.15) is 172 Å². The molecule has 0 radical (unpaired) electrons. The van der Waals surface area contributed by atoms with Gasteiger partial charge in [0.15, 0.2) is 0 Å². The number of nitrogens with zero attached hydrogens (tertiary/aromatic N) is 2. The van der Waals surface area contributed by atoms with E-state index in [1.54, 1.807) is 0 Å². The van der Waals surface area contributed by atoms with Crippen molar-refractivity contribution < 1.29 is 0 Å². The first kappa shape index (κ1) is 36.1. The maximum atomic E-state index is 5.08. The molecule has 3 aromatic rings. The van der Waals surface area contributed by atoms with Crippen LogP contribution < -0.4 is 0 Å². The normalized spacial score (nSPS) is 13.6. The summed E-state index contributed by atoms with van der Waals surface area (Å²) in [6.07, 6.45) is 32.9. The van der Waals surface area contributed by atoms with Gasteiger partial charge in [0.25, 0.3) is 0 Å². The second-order valence-corrected chi connectivity index (χ2v) is 13.8. The second-order valence-electron chi connectivity index (χ2n) is 13.8. The van der Waals surface area contributed by atoms with Gasteiger partial charge < -0.3 is 4.57 Å². The molecule has 1 aromatic heterocycles. The topological polar surface area (TPSA) is 17.8 Å². The third kappa shape index (κ3) is 12.9. The second kappa shape index (κ2) is 22.2. The van der Waals surface area contributed by atoms with Crippen LogP contribution in [0.25, 0.3) is 0 Å². The zero-order chi connectivity index (χ0) is 31.1. The largest absolute Gasteiger partial charge is 0.335 e. The fourth-order valence-corrected chi connectivity index (χ4v) is 7.25. The van der Waals surface area contributed by atoms with E-state index in [9.17, 15) is 0 Å². The van der Waals surface area contributed by atoms with E-state index in [0.717, 1.165) is 13.0 Å². The number of hydrogen-bond acceptors (Lipinski definition) is 1. The Morgan fingerprint density at radius 3 is 1.61 bits per heavy atom. The zero-order valence-electron chi connectivity index (χ0n) is 29.0. The van der Waals surface area contributed by atoms with E-state index in [0.29, 0.717) is 5.92 Å². The van der Waals surface area contributed by atoms with Crippen LogP contribution in [0.5, 0.6) is 0 Å². The van der Waals surface area contributed by atoms with E-state index in [4.69, 9.17) is 4.98 Å². The monoisotopic (exact) mass is 599 g/mol. The van der Waals surface area contributed by atoms with Crippen molar-refractivity contribution in [1.82, 2.24) is 9.55 Å². The molecule has 0 spiro atoms. The van der Waals surface area contributed by atoms with Crippen molar-refractivity contribution in [3.8, 4) is 0 Å². The Labute approximate surface area is 272 Å². The predicted octanol–water partition coefficient (Wildman–Crippen LogP) is 13.0. The summed E-state index contributed by atoms with van der Waals surface area (Å²) in [6.45, 7) is 8.19. The van der Waals surface area contributed by atoms with Gasteiger partial charge in [-0.2, -0.15) is 0 Å². The SMILES string of the molecule is CCCCCCCCCCCCCCCCCCC(c1nccn1CCCCC)C(C)(Cc1ccccc1)c1ccccc1. The molecular weight excluding hydrogens is 532 g/mol. The Morgan fingerprint density at radius 1 is 0.591 bits per heavy atom. The molecule has 3 rings (SSSR count). The molecule has 0 aliphatic heterocycles. The molecule has 2 aromatic carbocycles. The van der Waals surface area contributed by atoms with Crippen LogP contribution in [-0.4, -0.2) is 9.55 Å². The van der Waals surface area contributed by atoms with Gasteiger partial charge in [-0.3, -0.25) is 0 Å². The van der Waals surface area contributed by atoms with Crippen molar-refractivity contribution in [3.63, 3.8) is 0 Å². The number of rotatable bonds is 26. The average Bonchev–Trinajstić information content (AvgIpc) is 3.51. The molecule has 2 heteroatoms. The van der Waals surface area contributed by atoms with Crippen LogP contribution in [0.15, 0.2) is 73.1 Å². The first-order valence-corrected chi connectivity index (χ1v) is 18.8. The van der Waals surface area contributed by atoms with Crippen molar-refractivity contribution in [2.45, 2.75) is 173 Å². The molecule has 0 N–H and O–H groups in total. The lowest BCUT2D eigenvalue weighted by molar-refractivity contribution is 0.321. The minimum absolute atomic E-state index is 0.0218. The summed E-state index contributed by atoms with van der Waals surface area (Å²) in [6, 6.07) is 22.4. The summed E-state index contributed by atoms with van der Waals surface area (Å²) in [5.41, 5.74) is 2.83. The number of aryl methyl sites for hydroxylation is 1. The van der Waals surface area contributed by atoms with Crippen molar-refractivity contribution in [1.29, 1.82) is 0 Å². The van der Waals surface area contributed by atoms with Crippen molar-refractivity contribution >= 4 is 0 Å². The summed E-state index contributed by atoms with van der Waals surface area (Å²) in [4.78, 5) is 5.08. The highest BCUT2D eigenvalue weighted by Crippen LogP contribution is 2.44. The van der Waals surface area contributed by atoms with E-state index in [1.807, 2.05) is 0 Å². The number of hydrogen-bond donors (Lipinski definition) is 0. The van der Waals surface area contributed by atoms with Gasteiger partial charge >= 0.3 is 0 Å². The van der Waals surface area contributed by atoms with Crippen LogP contribution in [0, 0.1) is 0 Å². The minimum Gasteiger partial charge on any atom is -0.335 e. The highest BCUT2D eigenvalue weighted by atomic mass is 15.1. The lowest BCUT2D eigenvalue weighted by Crippen LogP contribution is -2.35. The fraction of sp³-hybridized carbons (Fsp3) is 0.643. The lowest BCUT2D eigenvalue weighted by atomic mass is 9.66. The Balaban J connectivity index is 1.53. The highest BCUT2D eigenvalue weighted by molar-refractivity contribution is 5.33. The molecule has 0 aliphatic carbocycles. The Hall–Kier alpha value is -2.35. The number of benzene rings is 2. The molecule has 0 saturated heterocycles. The molecule has 0 saturated carbocycles. The van der Waals surface area contributed by atoms with E-state index >= 15 is 0 Å². The standard InChI is InChI=1S/C42H66N2/c1-4-6-8-9-10-11-12-13-14-15-16-17-18-19-20-27-33-40(41-43-34-36-44(41)35-28-7-5-2)42(3,39-31-25-22-26-32-39)37-38-29-23-21-24-30-38/h21-26,29-32,34,36,40H,4-20,27-28,33,35,37H2,1-3H3. The van der Waals surface area contributed by atoms with Gasteiger partial charge in [-0.25, -0.2) is 4.98 Å². The van der Waals surface area contributed by atoms with E-state index < -0.39 is 0 Å². The number of unbranched alkanes of at least 4 members (excludes halogenated alkanes) is 17. The quantitative estimate of drug-likeness (QED) is 0.0840. The first-order valence-electron chi connectivity index (χ1n) is 18.8. The molecule has 2 unspecified atom stereocenters. The van der Waals surface area contributed by atoms with Crippen LogP contribution in [-0.2, 0) is 18.4 Å². The molecule has 0 aliphatic rings. The molecule has 2 nitrogen and oxygen atoms in total. The Kier molecular flexibility index (Phi) is 18.2. The molecule has 0 fully saturated rings. The molecule has 0 bridgehead atoms.